The van der Waals surface area contributed by atoms with E-state index in [1.165, 1.54) is 50.9 Å². The normalized spacial score (nSPS) is 24.6. The molecule has 1 unspecified atom stereocenters. The number of aryl methyl sites for hydroxylation is 1. The molecule has 1 fully saturated rings. The summed E-state index contributed by atoms with van der Waals surface area (Å²) >= 11 is 0. The average molecular weight is 215 g/mol. The van der Waals surface area contributed by atoms with Gasteiger partial charge in [-0.05, 0) is 61.3 Å². The molecule has 1 saturated heterocycles. The number of benzene rings is 1. The predicted molar refractivity (Wildman–Crippen MR) is 69.2 cm³/mol. The van der Waals surface area contributed by atoms with Gasteiger partial charge in [0.1, 0.15) is 0 Å². The van der Waals surface area contributed by atoms with E-state index in [0.717, 1.165) is 5.92 Å². The number of hydrogen-bond donors (Lipinski definition) is 0. The molecule has 0 radical (unpaired) electrons. The monoisotopic (exact) mass is 215 g/mol. The fraction of sp³-hybridized carbons (Fsp3) is 0.600. The molecule has 0 aromatic heterocycles. The van der Waals surface area contributed by atoms with E-state index in [1.807, 2.05) is 0 Å². The SMILES string of the molecule is CC1CCc2cc(N3CCCCC3)ccc21. The van der Waals surface area contributed by atoms with Gasteiger partial charge in [0, 0.05) is 18.8 Å². The van der Waals surface area contributed by atoms with Crippen molar-refractivity contribution in [3.63, 3.8) is 0 Å². The van der Waals surface area contributed by atoms with Crippen LogP contribution < -0.4 is 4.90 Å². The summed E-state index contributed by atoms with van der Waals surface area (Å²) in [7, 11) is 0. The molecule has 1 aromatic carbocycles. The van der Waals surface area contributed by atoms with Gasteiger partial charge in [-0.2, -0.15) is 0 Å². The van der Waals surface area contributed by atoms with Crippen molar-refractivity contribution in [1.29, 1.82) is 0 Å². The minimum absolute atomic E-state index is 0.783. The van der Waals surface area contributed by atoms with Crippen LogP contribution in [0.25, 0.3) is 0 Å². The van der Waals surface area contributed by atoms with Gasteiger partial charge in [-0.25, -0.2) is 0 Å². The van der Waals surface area contributed by atoms with Crippen LogP contribution in [0.5, 0.6) is 0 Å². The summed E-state index contributed by atoms with van der Waals surface area (Å²) in [6.45, 7) is 4.87. The zero-order chi connectivity index (χ0) is 11.0. The van der Waals surface area contributed by atoms with Gasteiger partial charge in [0.05, 0.1) is 0 Å². The molecule has 0 saturated carbocycles. The molecular weight excluding hydrogens is 194 g/mol. The molecule has 0 bridgehead atoms. The van der Waals surface area contributed by atoms with Gasteiger partial charge in [-0.15, -0.1) is 0 Å². The molecule has 0 amide bonds. The summed E-state index contributed by atoms with van der Waals surface area (Å²) in [5.74, 6) is 0.783. The molecule has 16 heavy (non-hydrogen) atoms. The third kappa shape index (κ3) is 1.73. The van der Waals surface area contributed by atoms with Crippen LogP contribution in [-0.4, -0.2) is 13.1 Å². The Morgan fingerprint density at radius 2 is 1.94 bits per heavy atom. The quantitative estimate of drug-likeness (QED) is 0.690. The predicted octanol–water partition coefficient (Wildman–Crippen LogP) is 3.73. The Labute approximate surface area is 98.5 Å². The molecule has 1 heterocycles. The highest BCUT2D eigenvalue weighted by molar-refractivity contribution is 5.53. The molecular formula is C15H21N. The third-order valence-electron chi connectivity index (χ3n) is 4.23. The van der Waals surface area contributed by atoms with Crippen molar-refractivity contribution >= 4 is 5.69 Å². The van der Waals surface area contributed by atoms with Gasteiger partial charge >= 0.3 is 0 Å². The highest BCUT2D eigenvalue weighted by Gasteiger charge is 2.20. The zero-order valence-electron chi connectivity index (χ0n) is 10.2. The van der Waals surface area contributed by atoms with Gasteiger partial charge in [0.2, 0.25) is 0 Å². The fourth-order valence-corrected chi connectivity index (χ4v) is 3.17. The first-order valence-electron chi connectivity index (χ1n) is 6.72. The van der Waals surface area contributed by atoms with E-state index in [2.05, 4.69) is 30.0 Å². The maximum absolute atomic E-state index is 2.56. The van der Waals surface area contributed by atoms with Crippen LogP contribution in [0.1, 0.15) is 49.7 Å². The largest absolute Gasteiger partial charge is 0.372 e. The second-order valence-corrected chi connectivity index (χ2v) is 5.37. The first-order chi connectivity index (χ1) is 7.84. The maximum Gasteiger partial charge on any atom is 0.0369 e. The van der Waals surface area contributed by atoms with Crippen LogP contribution in [0.3, 0.4) is 0 Å². The molecule has 0 spiro atoms. The molecule has 1 aliphatic carbocycles. The number of anilines is 1. The highest BCUT2D eigenvalue weighted by atomic mass is 15.1. The fourth-order valence-electron chi connectivity index (χ4n) is 3.17. The van der Waals surface area contributed by atoms with Crippen molar-refractivity contribution in [1.82, 2.24) is 0 Å². The lowest BCUT2D eigenvalue weighted by atomic mass is 10.0. The lowest BCUT2D eigenvalue weighted by Crippen LogP contribution is -2.29. The van der Waals surface area contributed by atoms with Crippen molar-refractivity contribution in [2.24, 2.45) is 0 Å². The van der Waals surface area contributed by atoms with Crippen LogP contribution in [-0.2, 0) is 6.42 Å². The number of hydrogen-bond acceptors (Lipinski definition) is 1. The van der Waals surface area contributed by atoms with Crippen molar-refractivity contribution in [3.8, 4) is 0 Å². The van der Waals surface area contributed by atoms with E-state index in [4.69, 9.17) is 0 Å². The van der Waals surface area contributed by atoms with Crippen molar-refractivity contribution in [2.75, 3.05) is 18.0 Å². The molecule has 1 atom stereocenters. The van der Waals surface area contributed by atoms with Crippen molar-refractivity contribution in [3.05, 3.63) is 29.3 Å². The van der Waals surface area contributed by atoms with E-state index >= 15 is 0 Å². The second-order valence-electron chi connectivity index (χ2n) is 5.37. The number of fused-ring (bicyclic) bond motifs is 1. The summed E-state index contributed by atoms with van der Waals surface area (Å²) in [4.78, 5) is 2.56. The van der Waals surface area contributed by atoms with E-state index in [-0.39, 0.29) is 0 Å². The molecule has 1 aliphatic heterocycles. The summed E-state index contributed by atoms with van der Waals surface area (Å²) in [5.41, 5.74) is 4.67. The van der Waals surface area contributed by atoms with E-state index in [9.17, 15) is 0 Å². The second kappa shape index (κ2) is 4.12. The Balaban J connectivity index is 1.86. The maximum atomic E-state index is 2.56. The molecule has 1 aromatic rings. The van der Waals surface area contributed by atoms with Crippen LogP contribution in [0.15, 0.2) is 18.2 Å². The molecule has 1 heteroatoms. The Bertz CT molecular complexity index is 377. The number of piperidine rings is 1. The molecule has 1 nitrogen and oxygen atoms in total. The van der Waals surface area contributed by atoms with Crippen LogP contribution in [0.2, 0.25) is 0 Å². The molecule has 2 aliphatic rings. The minimum Gasteiger partial charge on any atom is -0.372 e. The Hall–Kier alpha value is -0.980. The minimum atomic E-state index is 0.783. The average Bonchev–Trinajstić information content (AvgIpc) is 2.72. The summed E-state index contributed by atoms with van der Waals surface area (Å²) < 4.78 is 0. The number of rotatable bonds is 1. The van der Waals surface area contributed by atoms with Gasteiger partial charge in [0.25, 0.3) is 0 Å². The Kier molecular flexibility index (Phi) is 2.62. The topological polar surface area (TPSA) is 3.24 Å². The zero-order valence-corrected chi connectivity index (χ0v) is 10.2. The van der Waals surface area contributed by atoms with Crippen LogP contribution in [0.4, 0.5) is 5.69 Å². The van der Waals surface area contributed by atoms with Gasteiger partial charge < -0.3 is 4.90 Å². The number of nitrogens with zero attached hydrogens (tertiary/aromatic N) is 1. The van der Waals surface area contributed by atoms with Crippen molar-refractivity contribution < 1.29 is 0 Å². The van der Waals surface area contributed by atoms with Gasteiger partial charge in [-0.3, -0.25) is 0 Å². The smallest absolute Gasteiger partial charge is 0.0369 e. The summed E-state index contributed by atoms with van der Waals surface area (Å²) in [5, 5.41) is 0. The van der Waals surface area contributed by atoms with Crippen LogP contribution in [0, 0.1) is 0 Å². The first-order valence-corrected chi connectivity index (χ1v) is 6.72. The van der Waals surface area contributed by atoms with Gasteiger partial charge in [0.15, 0.2) is 0 Å². The molecule has 86 valence electrons. The third-order valence-corrected chi connectivity index (χ3v) is 4.23. The lowest BCUT2D eigenvalue weighted by Gasteiger charge is -2.29. The lowest BCUT2D eigenvalue weighted by molar-refractivity contribution is 0.578. The Morgan fingerprint density at radius 1 is 1.12 bits per heavy atom. The molecule has 0 N–H and O–H groups in total. The van der Waals surface area contributed by atoms with Gasteiger partial charge in [-0.1, -0.05) is 13.0 Å². The molecule has 3 rings (SSSR count). The standard InChI is InChI=1S/C15H21N/c1-12-5-6-13-11-14(7-8-15(12)13)16-9-3-2-4-10-16/h7-8,11-12H,2-6,9-10H2,1H3. The van der Waals surface area contributed by atoms with E-state index in [0.29, 0.717) is 0 Å². The van der Waals surface area contributed by atoms with E-state index < -0.39 is 0 Å². The Morgan fingerprint density at radius 3 is 2.75 bits per heavy atom. The first kappa shape index (κ1) is 10.2. The van der Waals surface area contributed by atoms with Crippen LogP contribution >= 0.6 is 0 Å². The summed E-state index contributed by atoms with van der Waals surface area (Å²) in [6, 6.07) is 7.16. The van der Waals surface area contributed by atoms with E-state index in [1.54, 1.807) is 11.1 Å². The highest BCUT2D eigenvalue weighted by Crippen LogP contribution is 2.35. The van der Waals surface area contributed by atoms with Crippen molar-refractivity contribution in [2.45, 2.75) is 44.9 Å². The summed E-state index contributed by atoms with van der Waals surface area (Å²) in [6.07, 6.45) is 6.79.